The van der Waals surface area contributed by atoms with E-state index < -0.39 is 18.1 Å². The summed E-state index contributed by atoms with van der Waals surface area (Å²) in [5, 5.41) is 9.75. The molecule has 0 heterocycles. The maximum atomic E-state index is 11.0. The van der Waals surface area contributed by atoms with E-state index in [9.17, 15) is 9.90 Å². The summed E-state index contributed by atoms with van der Waals surface area (Å²) in [7, 11) is 1.27. The SMILES string of the molecule is COC(=O)C(N)CC(O)c1ccccc1. The molecule has 0 aliphatic heterocycles. The van der Waals surface area contributed by atoms with Gasteiger partial charge in [0, 0.05) is 6.42 Å². The molecule has 0 saturated heterocycles. The van der Waals surface area contributed by atoms with Gasteiger partial charge in [0.1, 0.15) is 6.04 Å². The molecule has 0 bridgehead atoms. The number of nitrogens with two attached hydrogens (primary N) is 1. The fourth-order valence-corrected chi connectivity index (χ4v) is 1.30. The topological polar surface area (TPSA) is 72.5 Å². The van der Waals surface area contributed by atoms with Crippen molar-refractivity contribution < 1.29 is 14.6 Å². The quantitative estimate of drug-likeness (QED) is 0.713. The van der Waals surface area contributed by atoms with Gasteiger partial charge in [0.25, 0.3) is 0 Å². The fourth-order valence-electron chi connectivity index (χ4n) is 1.30. The molecule has 0 fully saturated rings. The van der Waals surface area contributed by atoms with Gasteiger partial charge in [-0.2, -0.15) is 0 Å². The van der Waals surface area contributed by atoms with Crippen molar-refractivity contribution in [1.29, 1.82) is 0 Å². The zero-order valence-electron chi connectivity index (χ0n) is 8.59. The molecule has 4 heteroatoms. The lowest BCUT2D eigenvalue weighted by molar-refractivity contribution is -0.142. The van der Waals surface area contributed by atoms with Crippen LogP contribution in [-0.2, 0) is 9.53 Å². The predicted molar refractivity (Wildman–Crippen MR) is 56.0 cm³/mol. The summed E-state index contributed by atoms with van der Waals surface area (Å²) >= 11 is 0. The third kappa shape index (κ3) is 3.34. The van der Waals surface area contributed by atoms with Gasteiger partial charge in [0.2, 0.25) is 0 Å². The second kappa shape index (κ2) is 5.48. The van der Waals surface area contributed by atoms with Crippen LogP contribution in [0.4, 0.5) is 0 Å². The second-order valence-corrected chi connectivity index (χ2v) is 3.29. The average Bonchev–Trinajstić information content (AvgIpc) is 2.29. The lowest BCUT2D eigenvalue weighted by Gasteiger charge is -2.14. The number of hydrogen-bond donors (Lipinski definition) is 2. The first-order valence-electron chi connectivity index (χ1n) is 4.71. The van der Waals surface area contributed by atoms with E-state index in [2.05, 4.69) is 4.74 Å². The molecule has 4 nitrogen and oxygen atoms in total. The number of methoxy groups -OCH3 is 1. The number of aliphatic hydroxyl groups excluding tert-OH is 1. The molecule has 0 aliphatic carbocycles. The van der Waals surface area contributed by atoms with E-state index >= 15 is 0 Å². The summed E-state index contributed by atoms with van der Waals surface area (Å²) in [4.78, 5) is 11.0. The van der Waals surface area contributed by atoms with Crippen LogP contribution < -0.4 is 5.73 Å². The van der Waals surface area contributed by atoms with Crippen LogP contribution in [0, 0.1) is 0 Å². The first kappa shape index (κ1) is 11.7. The Morgan fingerprint density at radius 1 is 1.47 bits per heavy atom. The minimum atomic E-state index is -0.787. The van der Waals surface area contributed by atoms with Gasteiger partial charge >= 0.3 is 5.97 Å². The highest BCUT2D eigenvalue weighted by atomic mass is 16.5. The minimum absolute atomic E-state index is 0.163. The van der Waals surface area contributed by atoms with Gasteiger partial charge in [-0.25, -0.2) is 0 Å². The Bertz CT molecular complexity index is 313. The number of carbonyl (C=O) groups is 1. The summed E-state index contributed by atoms with van der Waals surface area (Å²) in [5.41, 5.74) is 6.28. The number of carbonyl (C=O) groups excluding carboxylic acids is 1. The van der Waals surface area contributed by atoms with E-state index in [4.69, 9.17) is 5.73 Å². The van der Waals surface area contributed by atoms with Crippen molar-refractivity contribution in [2.75, 3.05) is 7.11 Å². The molecule has 0 saturated carbocycles. The number of hydrogen-bond acceptors (Lipinski definition) is 4. The molecule has 1 aromatic carbocycles. The highest BCUT2D eigenvalue weighted by molar-refractivity contribution is 5.75. The van der Waals surface area contributed by atoms with E-state index in [1.54, 1.807) is 12.1 Å². The Balaban J connectivity index is 2.56. The van der Waals surface area contributed by atoms with Crippen LogP contribution in [0.15, 0.2) is 30.3 Å². The molecule has 1 rings (SSSR count). The van der Waals surface area contributed by atoms with Crippen LogP contribution in [0.2, 0.25) is 0 Å². The van der Waals surface area contributed by atoms with Crippen molar-refractivity contribution in [3.8, 4) is 0 Å². The summed E-state index contributed by atoms with van der Waals surface area (Å²) in [5.74, 6) is -0.509. The average molecular weight is 209 g/mol. The second-order valence-electron chi connectivity index (χ2n) is 3.29. The van der Waals surface area contributed by atoms with Crippen molar-refractivity contribution in [2.24, 2.45) is 5.73 Å². The number of ether oxygens (including phenoxy) is 1. The Kier molecular flexibility index (Phi) is 4.27. The van der Waals surface area contributed by atoms with Gasteiger partial charge in [-0.3, -0.25) is 4.79 Å². The van der Waals surface area contributed by atoms with Gasteiger partial charge in [0.15, 0.2) is 0 Å². The molecule has 1 aromatic rings. The molecule has 2 unspecified atom stereocenters. The lowest BCUT2D eigenvalue weighted by atomic mass is 10.0. The molecule has 0 amide bonds. The van der Waals surface area contributed by atoms with Crippen molar-refractivity contribution in [1.82, 2.24) is 0 Å². The van der Waals surface area contributed by atoms with Crippen molar-refractivity contribution in [3.05, 3.63) is 35.9 Å². The van der Waals surface area contributed by atoms with E-state index in [0.717, 1.165) is 5.56 Å². The van der Waals surface area contributed by atoms with Crippen LogP contribution in [0.25, 0.3) is 0 Å². The highest BCUT2D eigenvalue weighted by Gasteiger charge is 2.19. The third-order valence-corrected chi connectivity index (χ3v) is 2.17. The molecule has 0 aromatic heterocycles. The Morgan fingerprint density at radius 3 is 2.60 bits per heavy atom. The maximum Gasteiger partial charge on any atom is 0.322 e. The Hall–Kier alpha value is -1.39. The van der Waals surface area contributed by atoms with E-state index in [0.29, 0.717) is 0 Å². The molecule has 15 heavy (non-hydrogen) atoms. The first-order chi connectivity index (χ1) is 7.15. The first-order valence-corrected chi connectivity index (χ1v) is 4.71. The number of rotatable bonds is 4. The molecular formula is C11H15NO3. The fraction of sp³-hybridized carbons (Fsp3) is 0.364. The zero-order chi connectivity index (χ0) is 11.3. The normalized spacial score (nSPS) is 14.3. The van der Waals surface area contributed by atoms with Crippen LogP contribution in [-0.4, -0.2) is 24.2 Å². The summed E-state index contributed by atoms with van der Waals surface area (Å²) in [6.07, 6.45) is -0.572. The van der Waals surface area contributed by atoms with Crippen LogP contribution in [0.3, 0.4) is 0 Å². The van der Waals surface area contributed by atoms with Crippen LogP contribution >= 0.6 is 0 Å². The van der Waals surface area contributed by atoms with Crippen LogP contribution in [0.5, 0.6) is 0 Å². The largest absolute Gasteiger partial charge is 0.468 e. The van der Waals surface area contributed by atoms with E-state index in [-0.39, 0.29) is 6.42 Å². The number of benzene rings is 1. The van der Waals surface area contributed by atoms with Crippen molar-refractivity contribution in [3.63, 3.8) is 0 Å². The van der Waals surface area contributed by atoms with Gasteiger partial charge in [-0.15, -0.1) is 0 Å². The predicted octanol–water partition coefficient (Wildman–Crippen LogP) is 0.610. The van der Waals surface area contributed by atoms with Gasteiger partial charge in [-0.1, -0.05) is 30.3 Å². The molecular weight excluding hydrogens is 194 g/mol. The van der Waals surface area contributed by atoms with Gasteiger partial charge < -0.3 is 15.6 Å². The minimum Gasteiger partial charge on any atom is -0.468 e. The summed E-state index contributed by atoms with van der Waals surface area (Å²) in [6, 6.07) is 8.29. The number of esters is 1. The molecule has 3 N–H and O–H groups in total. The zero-order valence-corrected chi connectivity index (χ0v) is 8.59. The number of aliphatic hydroxyl groups is 1. The monoisotopic (exact) mass is 209 g/mol. The van der Waals surface area contributed by atoms with Crippen molar-refractivity contribution >= 4 is 5.97 Å². The smallest absolute Gasteiger partial charge is 0.322 e. The standard InChI is InChI=1S/C11H15NO3/c1-15-11(14)9(12)7-10(13)8-5-3-2-4-6-8/h2-6,9-10,13H,7,12H2,1H3. The third-order valence-electron chi connectivity index (χ3n) is 2.17. The molecule has 2 atom stereocenters. The lowest BCUT2D eigenvalue weighted by Crippen LogP contribution is -2.33. The molecule has 0 aliphatic rings. The van der Waals surface area contributed by atoms with E-state index in [1.165, 1.54) is 7.11 Å². The van der Waals surface area contributed by atoms with Gasteiger partial charge in [0.05, 0.1) is 13.2 Å². The van der Waals surface area contributed by atoms with E-state index in [1.807, 2.05) is 18.2 Å². The Morgan fingerprint density at radius 2 is 2.07 bits per heavy atom. The molecule has 82 valence electrons. The maximum absolute atomic E-state index is 11.0. The highest BCUT2D eigenvalue weighted by Crippen LogP contribution is 2.17. The summed E-state index contributed by atoms with van der Waals surface area (Å²) < 4.78 is 4.47. The molecule has 0 radical (unpaired) electrons. The van der Waals surface area contributed by atoms with Crippen LogP contribution in [0.1, 0.15) is 18.1 Å². The summed E-state index contributed by atoms with van der Waals surface area (Å²) in [6.45, 7) is 0. The van der Waals surface area contributed by atoms with Crippen molar-refractivity contribution in [2.45, 2.75) is 18.6 Å². The Labute approximate surface area is 88.7 Å². The molecule has 0 spiro atoms. The van der Waals surface area contributed by atoms with Gasteiger partial charge in [-0.05, 0) is 5.56 Å².